The molecule has 0 spiro atoms. The topological polar surface area (TPSA) is 84.7 Å². The highest BCUT2D eigenvalue weighted by Gasteiger charge is 2.25. The third-order valence-electron chi connectivity index (χ3n) is 6.45. The van der Waals surface area contributed by atoms with E-state index in [9.17, 15) is 9.59 Å². The van der Waals surface area contributed by atoms with Crippen molar-refractivity contribution < 1.29 is 14.3 Å². The SMILES string of the molecule is CCCN(CCC)C(=O)c1cc(C)cc(C(=O)O[C@H](CNCc2ccccc2)[C@@H](N)Cc2cccc(Br)c2)c1. The number of ether oxygens (including phenoxy) is 1. The van der Waals surface area contributed by atoms with Gasteiger partial charge in [-0.15, -0.1) is 0 Å². The molecule has 7 heteroatoms. The van der Waals surface area contributed by atoms with Crippen LogP contribution in [0.4, 0.5) is 0 Å². The van der Waals surface area contributed by atoms with Gasteiger partial charge in [-0.3, -0.25) is 4.79 Å². The van der Waals surface area contributed by atoms with Crippen molar-refractivity contribution in [3.63, 3.8) is 0 Å². The fourth-order valence-corrected chi connectivity index (χ4v) is 5.02. The lowest BCUT2D eigenvalue weighted by atomic mass is 10.0. The van der Waals surface area contributed by atoms with Gasteiger partial charge in [0.05, 0.1) is 5.56 Å². The van der Waals surface area contributed by atoms with Crippen molar-refractivity contribution in [3.05, 3.63) is 105 Å². The van der Waals surface area contributed by atoms with Gasteiger partial charge in [0.1, 0.15) is 6.10 Å². The Morgan fingerprint density at radius 3 is 2.26 bits per heavy atom. The number of carbonyl (C=O) groups is 2. The Balaban J connectivity index is 1.78. The summed E-state index contributed by atoms with van der Waals surface area (Å²) in [6, 6.07) is 22.8. The maximum absolute atomic E-state index is 13.4. The highest BCUT2D eigenvalue weighted by Crippen LogP contribution is 2.18. The molecule has 2 atom stereocenters. The molecule has 39 heavy (non-hydrogen) atoms. The van der Waals surface area contributed by atoms with Crippen LogP contribution in [-0.4, -0.2) is 48.6 Å². The Morgan fingerprint density at radius 2 is 1.59 bits per heavy atom. The Kier molecular flexibility index (Phi) is 12.2. The van der Waals surface area contributed by atoms with E-state index < -0.39 is 18.1 Å². The zero-order valence-corrected chi connectivity index (χ0v) is 24.7. The van der Waals surface area contributed by atoms with Gasteiger partial charge in [-0.2, -0.15) is 0 Å². The van der Waals surface area contributed by atoms with Crippen molar-refractivity contribution in [2.45, 2.75) is 58.7 Å². The van der Waals surface area contributed by atoms with Gasteiger partial charge in [-0.05, 0) is 73.2 Å². The molecule has 3 rings (SSSR count). The van der Waals surface area contributed by atoms with Gasteiger partial charge in [0.15, 0.2) is 0 Å². The summed E-state index contributed by atoms with van der Waals surface area (Å²) < 4.78 is 6.99. The molecule has 0 aliphatic heterocycles. The summed E-state index contributed by atoms with van der Waals surface area (Å²) in [6.45, 7) is 8.38. The van der Waals surface area contributed by atoms with E-state index in [4.69, 9.17) is 10.5 Å². The summed E-state index contributed by atoms with van der Waals surface area (Å²) in [7, 11) is 0. The van der Waals surface area contributed by atoms with Crippen molar-refractivity contribution in [1.29, 1.82) is 0 Å². The third-order valence-corrected chi connectivity index (χ3v) is 6.94. The molecule has 0 aliphatic rings. The van der Waals surface area contributed by atoms with Crippen molar-refractivity contribution in [3.8, 4) is 0 Å². The number of hydrogen-bond donors (Lipinski definition) is 2. The van der Waals surface area contributed by atoms with Crippen LogP contribution in [-0.2, 0) is 17.7 Å². The first-order chi connectivity index (χ1) is 18.8. The first-order valence-corrected chi connectivity index (χ1v) is 14.5. The fourth-order valence-electron chi connectivity index (χ4n) is 4.57. The largest absolute Gasteiger partial charge is 0.456 e. The summed E-state index contributed by atoms with van der Waals surface area (Å²) in [4.78, 5) is 28.5. The van der Waals surface area contributed by atoms with Crippen molar-refractivity contribution in [2.75, 3.05) is 19.6 Å². The summed E-state index contributed by atoms with van der Waals surface area (Å²) in [5.74, 6) is -0.551. The van der Waals surface area contributed by atoms with E-state index in [-0.39, 0.29) is 5.91 Å². The average molecular weight is 595 g/mol. The predicted octanol–water partition coefficient (Wildman–Crippen LogP) is 5.90. The molecule has 0 saturated carbocycles. The molecule has 0 aromatic heterocycles. The zero-order valence-electron chi connectivity index (χ0n) is 23.2. The van der Waals surface area contributed by atoms with Gasteiger partial charge in [0, 0.05) is 42.3 Å². The smallest absolute Gasteiger partial charge is 0.338 e. The maximum atomic E-state index is 13.4. The van der Waals surface area contributed by atoms with Crippen LogP contribution in [0.2, 0.25) is 0 Å². The van der Waals surface area contributed by atoms with Gasteiger partial charge in [0.25, 0.3) is 5.91 Å². The number of halogens is 1. The number of carbonyl (C=O) groups excluding carboxylic acids is 2. The Hall–Kier alpha value is -3.00. The van der Waals surface area contributed by atoms with Crippen LogP contribution in [0.15, 0.2) is 77.3 Å². The van der Waals surface area contributed by atoms with E-state index in [1.54, 1.807) is 12.1 Å². The number of aryl methyl sites for hydroxylation is 1. The molecular weight excluding hydrogens is 554 g/mol. The fraction of sp³-hybridized carbons (Fsp3) is 0.375. The summed E-state index contributed by atoms with van der Waals surface area (Å²) >= 11 is 3.51. The molecule has 0 saturated heterocycles. The van der Waals surface area contributed by atoms with Crippen molar-refractivity contribution >= 4 is 27.8 Å². The second kappa shape index (κ2) is 15.6. The number of benzene rings is 3. The molecule has 0 radical (unpaired) electrons. The number of nitrogens with one attached hydrogen (secondary N) is 1. The summed E-state index contributed by atoms with van der Waals surface area (Å²) in [6.07, 6.45) is 1.72. The highest BCUT2D eigenvalue weighted by molar-refractivity contribution is 9.10. The van der Waals surface area contributed by atoms with Gasteiger partial charge in [-0.1, -0.05) is 72.2 Å². The number of hydrogen-bond acceptors (Lipinski definition) is 5. The molecule has 0 heterocycles. The number of amides is 1. The van der Waals surface area contributed by atoms with Gasteiger partial charge in [-0.25, -0.2) is 4.79 Å². The molecule has 0 fully saturated rings. The predicted molar refractivity (Wildman–Crippen MR) is 161 cm³/mol. The first kappa shape index (κ1) is 30.5. The normalized spacial score (nSPS) is 12.5. The van der Waals surface area contributed by atoms with E-state index in [2.05, 4.69) is 35.1 Å². The van der Waals surface area contributed by atoms with Gasteiger partial charge in [0.2, 0.25) is 0 Å². The second-order valence-corrected chi connectivity index (χ2v) is 10.9. The van der Waals surface area contributed by atoms with Crippen LogP contribution in [0.5, 0.6) is 0 Å². The molecule has 0 unspecified atom stereocenters. The molecule has 3 aromatic rings. The Labute approximate surface area is 241 Å². The highest BCUT2D eigenvalue weighted by atomic mass is 79.9. The molecule has 1 amide bonds. The molecule has 3 aromatic carbocycles. The van der Waals surface area contributed by atoms with Gasteiger partial charge < -0.3 is 20.7 Å². The van der Waals surface area contributed by atoms with Crippen LogP contribution in [0.1, 0.15) is 64.1 Å². The van der Waals surface area contributed by atoms with Crippen molar-refractivity contribution in [2.24, 2.45) is 5.73 Å². The Bertz CT molecular complexity index is 1210. The second-order valence-electron chi connectivity index (χ2n) is 9.94. The van der Waals surface area contributed by atoms with Crippen LogP contribution in [0.25, 0.3) is 0 Å². The zero-order chi connectivity index (χ0) is 28.2. The molecular formula is C32H40BrN3O3. The maximum Gasteiger partial charge on any atom is 0.338 e. The summed E-state index contributed by atoms with van der Waals surface area (Å²) in [5.41, 5.74) is 10.5. The van der Waals surface area contributed by atoms with E-state index in [1.807, 2.05) is 72.5 Å². The number of esters is 1. The van der Waals surface area contributed by atoms with Crippen LogP contribution < -0.4 is 11.1 Å². The monoisotopic (exact) mass is 593 g/mol. The van der Waals surface area contributed by atoms with E-state index in [0.29, 0.717) is 43.7 Å². The van der Waals surface area contributed by atoms with Crippen LogP contribution >= 0.6 is 15.9 Å². The summed E-state index contributed by atoms with van der Waals surface area (Å²) in [5, 5.41) is 3.39. The standard InChI is InChI=1S/C32H40BrN3O3/c1-4-14-36(15-5-2)31(37)26-16-23(3)17-27(20-26)32(38)39-30(22-35-21-24-10-7-6-8-11-24)29(34)19-25-12-9-13-28(33)18-25/h6-13,16-18,20,29-30,35H,4-5,14-15,19,21-22,34H2,1-3H3/t29-,30+/m0/s1. The van der Waals surface area contributed by atoms with E-state index in [1.165, 1.54) is 0 Å². The number of rotatable bonds is 14. The number of nitrogens with two attached hydrogens (primary N) is 1. The minimum Gasteiger partial charge on any atom is -0.456 e. The molecule has 208 valence electrons. The molecule has 0 aliphatic carbocycles. The van der Waals surface area contributed by atoms with E-state index in [0.717, 1.165) is 34.0 Å². The number of nitrogens with zero attached hydrogens (tertiary/aromatic N) is 1. The quantitative estimate of drug-likeness (QED) is 0.227. The lowest BCUT2D eigenvalue weighted by Crippen LogP contribution is -2.46. The third kappa shape index (κ3) is 9.60. The molecule has 6 nitrogen and oxygen atoms in total. The van der Waals surface area contributed by atoms with Gasteiger partial charge >= 0.3 is 5.97 Å². The van der Waals surface area contributed by atoms with E-state index >= 15 is 0 Å². The lowest BCUT2D eigenvalue weighted by Gasteiger charge is -2.25. The minimum absolute atomic E-state index is 0.0658. The van der Waals surface area contributed by atoms with Crippen molar-refractivity contribution in [1.82, 2.24) is 10.2 Å². The Morgan fingerprint density at radius 1 is 0.923 bits per heavy atom. The van der Waals surface area contributed by atoms with Crippen LogP contribution in [0, 0.1) is 6.92 Å². The minimum atomic E-state index is -0.573. The van der Waals surface area contributed by atoms with Crippen LogP contribution in [0.3, 0.4) is 0 Å². The lowest BCUT2D eigenvalue weighted by molar-refractivity contribution is 0.0238. The molecule has 0 bridgehead atoms. The first-order valence-electron chi connectivity index (χ1n) is 13.7. The molecule has 3 N–H and O–H groups in total. The average Bonchev–Trinajstić information content (AvgIpc) is 2.92.